The molecule has 0 aliphatic carbocycles. The lowest BCUT2D eigenvalue weighted by molar-refractivity contribution is -0.111. The molecule has 0 aliphatic heterocycles. The minimum atomic E-state index is -3.88. The number of primary sulfonamides is 1. The van der Waals surface area contributed by atoms with Crippen molar-refractivity contribution in [3.8, 4) is 11.5 Å². The third-order valence-corrected chi connectivity index (χ3v) is 5.06. The monoisotopic (exact) mass is 424 g/mol. The van der Waals surface area contributed by atoms with Crippen LogP contribution in [0, 0.1) is 6.92 Å². The van der Waals surface area contributed by atoms with Crippen LogP contribution in [0.2, 0.25) is 5.02 Å². The fraction of sp³-hybridized carbons (Fsp3) is 0.211. The van der Waals surface area contributed by atoms with Crippen molar-refractivity contribution < 1.29 is 22.7 Å². The number of carbonyl (C=O) groups excluding carboxylic acids is 1. The molecular formula is C19H21ClN2O5S. The van der Waals surface area contributed by atoms with Gasteiger partial charge in [-0.05, 0) is 55.3 Å². The van der Waals surface area contributed by atoms with E-state index >= 15 is 0 Å². The van der Waals surface area contributed by atoms with Gasteiger partial charge in [0.1, 0.15) is 0 Å². The summed E-state index contributed by atoms with van der Waals surface area (Å²) in [6.07, 6.45) is 2.84. The van der Waals surface area contributed by atoms with E-state index in [9.17, 15) is 13.2 Å². The van der Waals surface area contributed by atoms with Crippen LogP contribution in [-0.4, -0.2) is 28.0 Å². The van der Waals surface area contributed by atoms with E-state index in [1.165, 1.54) is 19.3 Å². The Balaban J connectivity index is 2.20. The first kappa shape index (κ1) is 21.7. The second-order valence-corrected chi connectivity index (χ2v) is 7.75. The summed E-state index contributed by atoms with van der Waals surface area (Å²) in [6.45, 7) is 3.89. The predicted molar refractivity (Wildman–Crippen MR) is 109 cm³/mol. The summed E-state index contributed by atoms with van der Waals surface area (Å²) in [5.74, 6) is 0.433. The van der Waals surface area contributed by atoms with Crippen molar-refractivity contribution in [1.29, 1.82) is 0 Å². The minimum Gasteiger partial charge on any atom is -0.493 e. The molecule has 7 nitrogen and oxygen atoms in total. The standard InChI is InChI=1S/C19H21ClN2O5S/c1-4-27-19-15(20)9-13(10-16(19)26-3)6-8-18(23)22-14-7-5-12(2)17(11-14)28(21,24)25/h5-11H,4H2,1-3H3,(H,22,23)(H2,21,24,25)/b8-6+. The SMILES string of the molecule is CCOc1c(Cl)cc(/C=C/C(=O)Nc2ccc(C)c(S(N)(=O)=O)c2)cc1OC. The maximum Gasteiger partial charge on any atom is 0.248 e. The normalized spacial score (nSPS) is 11.5. The number of hydrogen-bond donors (Lipinski definition) is 2. The van der Waals surface area contributed by atoms with Crippen LogP contribution in [0.15, 0.2) is 41.3 Å². The molecule has 2 rings (SSSR count). The van der Waals surface area contributed by atoms with Crippen molar-refractivity contribution in [1.82, 2.24) is 0 Å². The number of methoxy groups -OCH3 is 1. The topological polar surface area (TPSA) is 108 Å². The van der Waals surface area contributed by atoms with Gasteiger partial charge in [0.05, 0.1) is 23.6 Å². The largest absolute Gasteiger partial charge is 0.493 e. The number of aryl methyl sites for hydroxylation is 1. The van der Waals surface area contributed by atoms with E-state index in [-0.39, 0.29) is 4.90 Å². The van der Waals surface area contributed by atoms with Crippen molar-refractivity contribution in [2.45, 2.75) is 18.7 Å². The fourth-order valence-electron chi connectivity index (χ4n) is 2.46. The van der Waals surface area contributed by atoms with Crippen LogP contribution in [0.1, 0.15) is 18.1 Å². The highest BCUT2D eigenvalue weighted by atomic mass is 35.5. The number of hydrogen-bond acceptors (Lipinski definition) is 5. The number of rotatable bonds is 7. The zero-order valence-electron chi connectivity index (χ0n) is 15.7. The summed E-state index contributed by atoms with van der Waals surface area (Å²) in [5.41, 5.74) is 1.44. The van der Waals surface area contributed by atoms with Gasteiger partial charge in [0.15, 0.2) is 11.5 Å². The van der Waals surface area contributed by atoms with E-state index in [4.69, 9.17) is 26.2 Å². The number of carbonyl (C=O) groups is 1. The lowest BCUT2D eigenvalue weighted by Gasteiger charge is -2.12. The quantitative estimate of drug-likeness (QED) is 0.662. The molecule has 0 radical (unpaired) electrons. The Kier molecular flexibility index (Phi) is 7.06. The van der Waals surface area contributed by atoms with Gasteiger partial charge in [-0.3, -0.25) is 4.79 Å². The Bertz CT molecular complexity index is 1020. The van der Waals surface area contributed by atoms with Gasteiger partial charge in [0, 0.05) is 11.8 Å². The summed E-state index contributed by atoms with van der Waals surface area (Å²) < 4.78 is 33.9. The lowest BCUT2D eigenvalue weighted by atomic mass is 10.2. The zero-order valence-corrected chi connectivity index (χ0v) is 17.2. The molecule has 0 saturated heterocycles. The molecule has 1 amide bonds. The third-order valence-electron chi connectivity index (χ3n) is 3.73. The number of ether oxygens (including phenoxy) is 2. The molecule has 3 N–H and O–H groups in total. The van der Waals surface area contributed by atoms with Gasteiger partial charge >= 0.3 is 0 Å². The fourth-order valence-corrected chi connectivity index (χ4v) is 3.54. The molecule has 9 heteroatoms. The van der Waals surface area contributed by atoms with E-state index in [2.05, 4.69) is 5.32 Å². The molecule has 0 atom stereocenters. The van der Waals surface area contributed by atoms with Gasteiger partial charge in [0.2, 0.25) is 15.9 Å². The number of anilines is 1. The number of nitrogens with two attached hydrogens (primary N) is 1. The molecule has 0 aromatic heterocycles. The van der Waals surface area contributed by atoms with E-state index in [0.717, 1.165) is 0 Å². The highest BCUT2D eigenvalue weighted by Crippen LogP contribution is 2.36. The average molecular weight is 425 g/mol. The first-order valence-electron chi connectivity index (χ1n) is 8.28. The van der Waals surface area contributed by atoms with Gasteiger partial charge in [-0.1, -0.05) is 17.7 Å². The average Bonchev–Trinajstić information content (AvgIpc) is 2.62. The molecule has 0 heterocycles. The van der Waals surface area contributed by atoms with Crippen LogP contribution in [0.4, 0.5) is 5.69 Å². The van der Waals surface area contributed by atoms with Gasteiger partial charge in [-0.2, -0.15) is 0 Å². The second kappa shape index (κ2) is 9.09. The molecular weight excluding hydrogens is 404 g/mol. The Morgan fingerprint density at radius 1 is 1.29 bits per heavy atom. The van der Waals surface area contributed by atoms with Crippen LogP contribution in [-0.2, 0) is 14.8 Å². The van der Waals surface area contributed by atoms with Gasteiger partial charge in [0.25, 0.3) is 0 Å². The number of amides is 1. The number of benzene rings is 2. The van der Waals surface area contributed by atoms with Crippen molar-refractivity contribution >= 4 is 39.3 Å². The molecule has 150 valence electrons. The highest BCUT2D eigenvalue weighted by molar-refractivity contribution is 7.89. The second-order valence-electron chi connectivity index (χ2n) is 5.81. The maximum absolute atomic E-state index is 12.2. The highest BCUT2D eigenvalue weighted by Gasteiger charge is 2.13. The Hall–Kier alpha value is -2.55. The van der Waals surface area contributed by atoms with Crippen LogP contribution >= 0.6 is 11.6 Å². The van der Waals surface area contributed by atoms with Crippen LogP contribution in [0.5, 0.6) is 11.5 Å². The summed E-state index contributed by atoms with van der Waals surface area (Å²) in [5, 5.41) is 8.13. The van der Waals surface area contributed by atoms with Gasteiger partial charge in [-0.15, -0.1) is 0 Å². The molecule has 0 saturated carbocycles. The summed E-state index contributed by atoms with van der Waals surface area (Å²) in [4.78, 5) is 12.1. The molecule has 0 aliphatic rings. The number of sulfonamides is 1. The predicted octanol–water partition coefficient (Wildman–Crippen LogP) is 3.36. The van der Waals surface area contributed by atoms with Crippen LogP contribution in [0.25, 0.3) is 6.08 Å². The maximum atomic E-state index is 12.2. The van der Waals surface area contributed by atoms with Crippen LogP contribution in [0.3, 0.4) is 0 Å². The first-order valence-corrected chi connectivity index (χ1v) is 10.2. The van der Waals surface area contributed by atoms with Crippen molar-refractivity contribution in [2.75, 3.05) is 19.0 Å². The molecule has 2 aromatic rings. The first-order chi connectivity index (χ1) is 13.2. The molecule has 0 bridgehead atoms. The molecule has 0 spiro atoms. The number of nitrogens with one attached hydrogen (secondary N) is 1. The summed E-state index contributed by atoms with van der Waals surface area (Å²) in [7, 11) is -2.38. The minimum absolute atomic E-state index is 0.0442. The van der Waals surface area contributed by atoms with Gasteiger partial charge < -0.3 is 14.8 Å². The van der Waals surface area contributed by atoms with Crippen molar-refractivity contribution in [3.63, 3.8) is 0 Å². The summed E-state index contributed by atoms with van der Waals surface area (Å²) >= 11 is 6.20. The molecule has 2 aromatic carbocycles. The smallest absolute Gasteiger partial charge is 0.248 e. The third kappa shape index (κ3) is 5.48. The zero-order chi connectivity index (χ0) is 20.9. The van der Waals surface area contributed by atoms with Crippen molar-refractivity contribution in [2.24, 2.45) is 5.14 Å². The number of halogens is 1. The molecule has 0 unspecified atom stereocenters. The van der Waals surface area contributed by atoms with Crippen molar-refractivity contribution in [3.05, 3.63) is 52.6 Å². The Morgan fingerprint density at radius 2 is 2.00 bits per heavy atom. The van der Waals surface area contributed by atoms with E-state index < -0.39 is 15.9 Å². The molecule has 0 fully saturated rings. The van der Waals surface area contributed by atoms with Gasteiger partial charge in [-0.25, -0.2) is 13.6 Å². The molecule has 28 heavy (non-hydrogen) atoms. The summed E-state index contributed by atoms with van der Waals surface area (Å²) in [6, 6.07) is 7.80. The Labute approximate surface area is 169 Å². The van der Waals surface area contributed by atoms with E-state index in [1.807, 2.05) is 6.92 Å². The van der Waals surface area contributed by atoms with E-state index in [1.54, 1.807) is 37.3 Å². The van der Waals surface area contributed by atoms with E-state index in [0.29, 0.717) is 39.9 Å². The lowest BCUT2D eigenvalue weighted by Crippen LogP contribution is -2.15. The Morgan fingerprint density at radius 3 is 2.61 bits per heavy atom. The van der Waals surface area contributed by atoms with Crippen LogP contribution < -0.4 is 19.9 Å².